The van der Waals surface area contributed by atoms with Gasteiger partial charge >= 0.3 is 25.6 Å². The van der Waals surface area contributed by atoms with E-state index in [1.54, 1.807) is 43.5 Å². The lowest BCUT2D eigenvalue weighted by atomic mass is 9.80. The average molecular weight is 1290 g/mol. The number of rotatable bonds is 7. The summed E-state index contributed by atoms with van der Waals surface area (Å²) in [6.45, 7) is 5.66. The minimum atomic E-state index is -4.39. The quantitative estimate of drug-likeness (QED) is 0.0465. The van der Waals surface area contributed by atoms with Gasteiger partial charge in [-0.25, -0.2) is 19.9 Å². The molecule has 0 radical (unpaired) electrons. The van der Waals surface area contributed by atoms with Crippen LogP contribution in [0.4, 0.5) is 39.5 Å². The van der Waals surface area contributed by atoms with Gasteiger partial charge in [-0.2, -0.15) is 39.5 Å². The maximum Gasteiger partial charge on any atom is 0.488 e. The van der Waals surface area contributed by atoms with Gasteiger partial charge in [0.15, 0.2) is 5.75 Å². The average Bonchev–Trinajstić information content (AvgIpc) is 3.32. The third kappa shape index (κ3) is 19.4. The summed E-state index contributed by atoms with van der Waals surface area (Å²) < 4.78 is 128. The van der Waals surface area contributed by atoms with E-state index in [0.717, 1.165) is 80.8 Å². The van der Waals surface area contributed by atoms with Crippen LogP contribution in [0, 0.1) is 28.2 Å². The van der Waals surface area contributed by atoms with E-state index in [2.05, 4.69) is 58.5 Å². The van der Waals surface area contributed by atoms with Crippen molar-refractivity contribution in [3.63, 3.8) is 0 Å². The number of hydrogen-bond acceptors (Lipinski definition) is 10. The van der Waals surface area contributed by atoms with Gasteiger partial charge in [0, 0.05) is 33.5 Å². The predicted octanol–water partition coefficient (Wildman–Crippen LogP) is 12.8. The highest BCUT2D eigenvalue weighted by Crippen LogP contribution is 2.35. The molecule has 0 amide bonds. The molecule has 10 nitrogen and oxygen atoms in total. The number of nitrogens with zero attached hydrogens (tertiary/aromatic N) is 4. The maximum absolute atomic E-state index is 12.5. The van der Waals surface area contributed by atoms with Crippen molar-refractivity contribution in [3.05, 3.63) is 168 Å². The fraction of sp³-hybridized carbons (Fsp3) is 0.208. The van der Waals surface area contributed by atoms with Crippen LogP contribution in [0.15, 0.2) is 121 Å². The molecular weight excluding hydrogens is 1240 g/mol. The largest absolute Gasteiger partial charge is 0.505 e. The van der Waals surface area contributed by atoms with E-state index in [1.165, 1.54) is 38.5 Å². The number of aryl methyl sites for hydroxylation is 3. The molecule has 0 saturated carbocycles. The third-order valence-electron chi connectivity index (χ3n) is 9.14. The van der Waals surface area contributed by atoms with Crippen molar-refractivity contribution in [2.75, 3.05) is 21.3 Å². The van der Waals surface area contributed by atoms with Gasteiger partial charge in [0.2, 0.25) is 0 Å². The minimum Gasteiger partial charge on any atom is -0.505 e. The van der Waals surface area contributed by atoms with Gasteiger partial charge in [-0.3, -0.25) is 0 Å². The Morgan fingerprint density at radius 2 is 0.831 bits per heavy atom. The molecule has 3 aromatic carbocycles. The van der Waals surface area contributed by atoms with Crippen LogP contribution in [-0.4, -0.2) is 63.5 Å². The highest BCUT2D eigenvalue weighted by molar-refractivity contribution is 14.1. The van der Waals surface area contributed by atoms with E-state index >= 15 is 0 Å². The summed E-state index contributed by atoms with van der Waals surface area (Å²) in [7, 11) is 2.91. The summed E-state index contributed by atoms with van der Waals surface area (Å²) in [5.41, 5.74) is 3.60. The van der Waals surface area contributed by atoms with Crippen molar-refractivity contribution < 1.29 is 68.9 Å². The molecule has 0 spiro atoms. The van der Waals surface area contributed by atoms with Gasteiger partial charge < -0.3 is 29.4 Å². The molecule has 7 rings (SSSR count). The number of alkyl halides is 10. The normalized spacial score (nSPS) is 10.9. The molecule has 0 bridgehead atoms. The zero-order valence-electron chi connectivity index (χ0n) is 38.2. The smallest absolute Gasteiger partial charge is 0.488 e. The number of methoxy groups -OCH3 is 3. The van der Waals surface area contributed by atoms with Crippen LogP contribution in [0.1, 0.15) is 39.5 Å². The van der Waals surface area contributed by atoms with Gasteiger partial charge in [-0.15, -0.1) is 0 Å². The summed E-state index contributed by atoms with van der Waals surface area (Å²) in [4.78, 5) is 16.9. The molecule has 0 aliphatic carbocycles. The monoisotopic (exact) mass is 1290 g/mol. The number of pyridine rings is 4. The lowest BCUT2D eigenvalue weighted by Crippen LogP contribution is -2.29. The van der Waals surface area contributed by atoms with Crippen LogP contribution >= 0.6 is 61.1 Å². The summed E-state index contributed by atoms with van der Waals surface area (Å²) in [6, 6.07) is 27.7. The third-order valence-corrected chi connectivity index (χ3v) is 11.3. The Morgan fingerprint density at radius 3 is 1.18 bits per heavy atom. The van der Waals surface area contributed by atoms with E-state index < -0.39 is 42.3 Å². The fourth-order valence-electron chi connectivity index (χ4n) is 5.51. The standard InChI is InChI=1S/C14H11BrF3NO.C14H12F3NO.C7H6BF3O2.C7H8INO.C6H6INO/c1-20-12-7-6-11(8-15)19-13(12)9-2-4-10(5-3-9)14(16,17)18;1-9-3-8-12(19-2)13(18-9)10-4-6-11(7-5-10)14(15,16)17;9-7(10,11)5-1-3-6(4-2-5)8(12)13;1-5-3-4-6(10-2)7(8)9-5;1-4-2-3-5(9)6(7)8-4/h2-7H,8H2,1H3;3-8H,1-2H3;1-4,12-13H;3-4H,1-2H3;2-3,9H,1H3. The fourth-order valence-corrected chi connectivity index (χ4v) is 7.16. The molecule has 0 saturated heterocycles. The Hall–Kier alpha value is -5.25. The molecule has 378 valence electrons. The summed E-state index contributed by atoms with van der Waals surface area (Å²) in [6.07, 6.45) is -13.1. The number of benzene rings is 3. The highest BCUT2D eigenvalue weighted by Gasteiger charge is 2.32. The number of halogens is 12. The van der Waals surface area contributed by atoms with Gasteiger partial charge in [-0.05, 0) is 144 Å². The summed E-state index contributed by atoms with van der Waals surface area (Å²) in [5, 5.41) is 26.7. The Morgan fingerprint density at radius 1 is 0.479 bits per heavy atom. The van der Waals surface area contributed by atoms with E-state index in [9.17, 15) is 39.5 Å². The van der Waals surface area contributed by atoms with E-state index in [4.69, 9.17) is 29.4 Å². The molecular formula is C48H43BBrF9I2N4O6. The van der Waals surface area contributed by atoms with E-state index in [0.29, 0.717) is 43.0 Å². The van der Waals surface area contributed by atoms with Gasteiger partial charge in [-0.1, -0.05) is 64.5 Å². The summed E-state index contributed by atoms with van der Waals surface area (Å²) >= 11 is 7.44. The second-order valence-corrected chi connectivity index (χ2v) is 16.9. The van der Waals surface area contributed by atoms with E-state index in [1.807, 2.05) is 55.5 Å². The van der Waals surface area contributed by atoms with Crippen molar-refractivity contribution in [1.82, 2.24) is 19.9 Å². The zero-order chi connectivity index (χ0) is 53.3. The van der Waals surface area contributed by atoms with Crippen molar-refractivity contribution >= 4 is 73.7 Å². The van der Waals surface area contributed by atoms with Gasteiger partial charge in [0.05, 0.1) is 43.7 Å². The molecule has 0 atom stereocenters. The zero-order valence-corrected chi connectivity index (χ0v) is 44.1. The molecule has 4 heterocycles. The predicted molar refractivity (Wildman–Crippen MR) is 273 cm³/mol. The van der Waals surface area contributed by atoms with Crippen LogP contribution in [0.3, 0.4) is 0 Å². The molecule has 3 N–H and O–H groups in total. The lowest BCUT2D eigenvalue weighted by molar-refractivity contribution is -0.138. The molecule has 0 aliphatic rings. The lowest BCUT2D eigenvalue weighted by Gasteiger charge is -2.11. The highest BCUT2D eigenvalue weighted by atomic mass is 127. The topological polar surface area (TPSA) is 140 Å². The number of hydrogen-bond donors (Lipinski definition) is 3. The van der Waals surface area contributed by atoms with Crippen LogP contribution in [0.5, 0.6) is 23.0 Å². The molecule has 0 unspecified atom stereocenters. The SMILES string of the molecule is COc1ccc(C)nc1-c1ccc(C(F)(F)F)cc1.COc1ccc(C)nc1I.COc1ccc(CBr)nc1-c1ccc(C(F)(F)F)cc1.Cc1ccc(O)c(I)n1.OB(O)c1ccc(C(F)(F)F)cc1. The molecule has 23 heteroatoms. The Kier molecular flexibility index (Phi) is 23.3. The second-order valence-electron chi connectivity index (χ2n) is 14.3. The Balaban J connectivity index is 0.000000243. The molecule has 4 aromatic heterocycles. The van der Waals surface area contributed by atoms with Crippen LogP contribution in [0.25, 0.3) is 22.5 Å². The Bertz CT molecular complexity index is 2780. The van der Waals surface area contributed by atoms with Crippen molar-refractivity contribution in [1.29, 1.82) is 0 Å². The number of aromatic nitrogens is 4. The summed E-state index contributed by atoms with van der Waals surface area (Å²) in [5.74, 6) is 2.15. The van der Waals surface area contributed by atoms with Crippen LogP contribution in [-0.2, 0) is 23.9 Å². The molecule has 7 aromatic rings. The molecule has 71 heavy (non-hydrogen) atoms. The number of aromatic hydroxyl groups is 1. The van der Waals surface area contributed by atoms with Gasteiger partial charge in [0.1, 0.15) is 36.0 Å². The second kappa shape index (κ2) is 27.5. The van der Waals surface area contributed by atoms with Crippen molar-refractivity contribution in [3.8, 4) is 45.5 Å². The first-order valence-corrected chi connectivity index (χ1v) is 23.5. The maximum atomic E-state index is 12.5. The first-order chi connectivity index (χ1) is 33.2. The first kappa shape index (κ1) is 60.1. The molecule has 0 aliphatic heterocycles. The van der Waals surface area contributed by atoms with Crippen molar-refractivity contribution in [2.24, 2.45) is 0 Å². The van der Waals surface area contributed by atoms with Crippen molar-refractivity contribution in [2.45, 2.75) is 44.6 Å². The first-order valence-electron chi connectivity index (χ1n) is 20.2. The minimum absolute atomic E-state index is 0.0352. The Labute approximate surface area is 439 Å². The van der Waals surface area contributed by atoms with Crippen LogP contribution in [0.2, 0.25) is 0 Å². The molecule has 0 fully saturated rings. The van der Waals surface area contributed by atoms with Crippen LogP contribution < -0.4 is 19.7 Å². The number of ether oxygens (including phenoxy) is 3. The van der Waals surface area contributed by atoms with E-state index in [-0.39, 0.29) is 11.2 Å². The van der Waals surface area contributed by atoms with Gasteiger partial charge in [0.25, 0.3) is 0 Å².